The third-order valence-corrected chi connectivity index (χ3v) is 2.78. The van der Waals surface area contributed by atoms with E-state index < -0.39 is 18.2 Å². The van der Waals surface area contributed by atoms with E-state index in [0.717, 1.165) is 5.56 Å². The Morgan fingerprint density at radius 3 is 2.65 bits per heavy atom. The molecule has 0 amide bonds. The van der Waals surface area contributed by atoms with Crippen LogP contribution >= 0.6 is 0 Å². The van der Waals surface area contributed by atoms with Gasteiger partial charge < -0.3 is 9.63 Å². The van der Waals surface area contributed by atoms with Gasteiger partial charge in [-0.2, -0.15) is 18.2 Å². The summed E-state index contributed by atoms with van der Waals surface area (Å²) in [4.78, 5) is 7.86. The Labute approximate surface area is 112 Å². The van der Waals surface area contributed by atoms with Crippen molar-refractivity contribution in [2.75, 3.05) is 0 Å². The highest BCUT2D eigenvalue weighted by Gasteiger charge is 2.44. The van der Waals surface area contributed by atoms with Crippen molar-refractivity contribution < 1.29 is 22.8 Å². The minimum absolute atomic E-state index is 0.0879. The molecule has 0 radical (unpaired) electrons. The number of aliphatic hydroxyl groups is 1. The maximum Gasteiger partial charge on any atom is 0.415 e. The number of rotatable bonds is 3. The predicted octanol–water partition coefficient (Wildman–Crippen LogP) is 2.47. The van der Waals surface area contributed by atoms with Gasteiger partial charge in [0.05, 0.1) is 5.92 Å². The molecule has 2 aromatic rings. The van der Waals surface area contributed by atoms with E-state index >= 15 is 0 Å². The lowest BCUT2D eigenvalue weighted by Gasteiger charge is -2.17. The van der Waals surface area contributed by atoms with Gasteiger partial charge >= 0.3 is 6.18 Å². The SMILES string of the molecule is Cc1ccnc(-c2noc(C(C)C(O)C(F)(F)F)n2)c1. The number of halogens is 3. The third kappa shape index (κ3) is 2.96. The first-order chi connectivity index (χ1) is 9.29. The van der Waals surface area contributed by atoms with Gasteiger partial charge in [-0.3, -0.25) is 4.98 Å². The Kier molecular flexibility index (Phi) is 3.76. The molecule has 2 heterocycles. The highest BCUT2D eigenvalue weighted by Crippen LogP contribution is 2.31. The number of alkyl halides is 3. The molecule has 0 fully saturated rings. The van der Waals surface area contributed by atoms with Crippen LogP contribution < -0.4 is 0 Å². The predicted molar refractivity (Wildman–Crippen MR) is 62.7 cm³/mol. The van der Waals surface area contributed by atoms with Gasteiger partial charge in [0.2, 0.25) is 11.7 Å². The summed E-state index contributed by atoms with van der Waals surface area (Å²) in [6.45, 7) is 3.00. The van der Waals surface area contributed by atoms with Crippen LogP contribution in [0.3, 0.4) is 0 Å². The molecule has 0 aromatic carbocycles. The van der Waals surface area contributed by atoms with Gasteiger partial charge in [-0.1, -0.05) is 12.1 Å². The van der Waals surface area contributed by atoms with Crippen LogP contribution in [0, 0.1) is 6.92 Å². The molecule has 2 aromatic heterocycles. The average molecular weight is 287 g/mol. The number of aryl methyl sites for hydroxylation is 1. The fourth-order valence-corrected chi connectivity index (χ4v) is 1.60. The van der Waals surface area contributed by atoms with Crippen molar-refractivity contribution in [3.63, 3.8) is 0 Å². The molecule has 0 bridgehead atoms. The maximum absolute atomic E-state index is 12.4. The Balaban J connectivity index is 2.25. The summed E-state index contributed by atoms with van der Waals surface area (Å²) in [5, 5.41) is 12.7. The third-order valence-electron chi connectivity index (χ3n) is 2.78. The molecule has 2 rings (SSSR count). The lowest BCUT2D eigenvalue weighted by Crippen LogP contribution is -2.33. The van der Waals surface area contributed by atoms with Gasteiger partial charge in [0, 0.05) is 6.20 Å². The zero-order valence-corrected chi connectivity index (χ0v) is 10.7. The van der Waals surface area contributed by atoms with Crippen molar-refractivity contribution >= 4 is 0 Å². The first kappa shape index (κ1) is 14.4. The van der Waals surface area contributed by atoms with Crippen LogP contribution in [0.15, 0.2) is 22.9 Å². The van der Waals surface area contributed by atoms with E-state index in [4.69, 9.17) is 9.63 Å². The molecule has 8 heteroatoms. The van der Waals surface area contributed by atoms with Gasteiger partial charge in [-0.25, -0.2) is 0 Å². The van der Waals surface area contributed by atoms with E-state index in [1.807, 2.05) is 6.92 Å². The molecule has 2 unspecified atom stereocenters. The van der Waals surface area contributed by atoms with Crippen LogP contribution in [0.1, 0.15) is 24.3 Å². The van der Waals surface area contributed by atoms with E-state index in [1.165, 1.54) is 13.1 Å². The molecule has 0 aliphatic carbocycles. The van der Waals surface area contributed by atoms with Crippen molar-refractivity contribution in [1.29, 1.82) is 0 Å². The molecule has 0 saturated carbocycles. The second kappa shape index (κ2) is 5.20. The highest BCUT2D eigenvalue weighted by molar-refractivity contribution is 5.49. The molecule has 0 saturated heterocycles. The first-order valence-electron chi connectivity index (χ1n) is 5.80. The van der Waals surface area contributed by atoms with Crippen LogP contribution in [-0.4, -0.2) is 32.5 Å². The minimum atomic E-state index is -4.74. The Bertz CT molecular complexity index is 598. The molecule has 0 spiro atoms. The van der Waals surface area contributed by atoms with Crippen molar-refractivity contribution in [2.45, 2.75) is 32.0 Å². The van der Waals surface area contributed by atoms with Crippen LogP contribution in [0.4, 0.5) is 13.2 Å². The summed E-state index contributed by atoms with van der Waals surface area (Å²) in [6, 6.07) is 3.44. The first-order valence-corrected chi connectivity index (χ1v) is 5.80. The van der Waals surface area contributed by atoms with Crippen molar-refractivity contribution in [3.05, 3.63) is 29.8 Å². The van der Waals surface area contributed by atoms with Crippen LogP contribution in [0.5, 0.6) is 0 Å². The lowest BCUT2D eigenvalue weighted by molar-refractivity contribution is -0.210. The zero-order valence-electron chi connectivity index (χ0n) is 10.7. The fraction of sp³-hybridized carbons (Fsp3) is 0.417. The van der Waals surface area contributed by atoms with Crippen molar-refractivity contribution in [1.82, 2.24) is 15.1 Å². The number of aromatic nitrogens is 3. The molecule has 2 atom stereocenters. The molecule has 0 aliphatic heterocycles. The quantitative estimate of drug-likeness (QED) is 0.938. The molecular weight excluding hydrogens is 275 g/mol. The topological polar surface area (TPSA) is 72.0 Å². The molecule has 5 nitrogen and oxygen atoms in total. The van der Waals surface area contributed by atoms with Crippen LogP contribution in [-0.2, 0) is 0 Å². The van der Waals surface area contributed by atoms with Gasteiger partial charge in [-0.05, 0) is 24.6 Å². The minimum Gasteiger partial charge on any atom is -0.383 e. The van der Waals surface area contributed by atoms with Crippen LogP contribution in [0.25, 0.3) is 11.5 Å². The Morgan fingerprint density at radius 1 is 1.35 bits per heavy atom. The van der Waals surface area contributed by atoms with E-state index in [9.17, 15) is 13.2 Å². The fourth-order valence-electron chi connectivity index (χ4n) is 1.60. The molecule has 1 N–H and O–H groups in total. The average Bonchev–Trinajstić information content (AvgIpc) is 2.85. The number of pyridine rings is 1. The van der Waals surface area contributed by atoms with Gasteiger partial charge in [0.1, 0.15) is 5.69 Å². The second-order valence-electron chi connectivity index (χ2n) is 4.45. The summed E-state index contributed by atoms with van der Waals surface area (Å²) >= 11 is 0. The largest absolute Gasteiger partial charge is 0.415 e. The van der Waals surface area contributed by atoms with E-state index in [-0.39, 0.29) is 11.7 Å². The van der Waals surface area contributed by atoms with Gasteiger partial charge in [0.15, 0.2) is 6.10 Å². The Morgan fingerprint density at radius 2 is 2.05 bits per heavy atom. The van der Waals surface area contributed by atoms with E-state index in [0.29, 0.717) is 5.69 Å². The molecule has 0 aliphatic rings. The molecule has 108 valence electrons. The molecule has 20 heavy (non-hydrogen) atoms. The Hall–Kier alpha value is -1.96. The maximum atomic E-state index is 12.4. The van der Waals surface area contributed by atoms with E-state index in [1.54, 1.807) is 12.1 Å². The van der Waals surface area contributed by atoms with Gasteiger partial charge in [-0.15, -0.1) is 0 Å². The smallest absolute Gasteiger partial charge is 0.383 e. The number of nitrogens with zero attached hydrogens (tertiary/aromatic N) is 3. The van der Waals surface area contributed by atoms with E-state index in [2.05, 4.69) is 15.1 Å². The summed E-state index contributed by atoms with van der Waals surface area (Å²) in [5.74, 6) is -1.54. The second-order valence-corrected chi connectivity index (χ2v) is 4.45. The number of hydrogen-bond donors (Lipinski definition) is 1. The van der Waals surface area contributed by atoms with Crippen LogP contribution in [0.2, 0.25) is 0 Å². The normalized spacial score (nSPS) is 15.1. The number of aliphatic hydroxyl groups excluding tert-OH is 1. The zero-order chi connectivity index (χ0) is 14.9. The summed E-state index contributed by atoms with van der Waals surface area (Å²) < 4.78 is 42.0. The molecular formula is C12H12F3N3O2. The lowest BCUT2D eigenvalue weighted by atomic mass is 10.0. The number of hydrogen-bond acceptors (Lipinski definition) is 5. The standard InChI is InChI=1S/C12H12F3N3O2/c1-6-3-4-16-8(5-6)10-17-11(20-18-10)7(2)9(19)12(13,14)15/h3-5,7,9,19H,1-2H3. The summed E-state index contributed by atoms with van der Waals surface area (Å²) in [5.41, 5.74) is 1.30. The van der Waals surface area contributed by atoms with Crippen molar-refractivity contribution in [3.8, 4) is 11.5 Å². The van der Waals surface area contributed by atoms with Gasteiger partial charge in [0.25, 0.3) is 0 Å². The monoisotopic (exact) mass is 287 g/mol. The summed E-state index contributed by atoms with van der Waals surface area (Å²) in [7, 11) is 0. The highest BCUT2D eigenvalue weighted by atomic mass is 19.4. The summed E-state index contributed by atoms with van der Waals surface area (Å²) in [6.07, 6.45) is -5.76. The van der Waals surface area contributed by atoms with Crippen molar-refractivity contribution in [2.24, 2.45) is 0 Å².